The molecular weight excluding hydrogens is 356 g/mol. The van der Waals surface area contributed by atoms with Gasteiger partial charge in [0.05, 0.1) is 32.3 Å². The maximum atomic E-state index is 11.0. The number of aliphatic hydroxyl groups is 1. The van der Waals surface area contributed by atoms with Crippen LogP contribution in [0.15, 0.2) is 0 Å². The summed E-state index contributed by atoms with van der Waals surface area (Å²) in [5.74, 6) is 0. The van der Waals surface area contributed by atoms with E-state index < -0.39 is 38.6 Å². The molecule has 1 unspecified atom stereocenters. The van der Waals surface area contributed by atoms with Crippen molar-refractivity contribution in [3.05, 3.63) is 0 Å². The number of rotatable bonds is 1. The second-order valence-electron chi connectivity index (χ2n) is 3.51. The van der Waals surface area contributed by atoms with Crippen molar-refractivity contribution < 1.29 is 9.50 Å². The summed E-state index contributed by atoms with van der Waals surface area (Å²) in [6, 6.07) is 0. The van der Waals surface area contributed by atoms with Crippen molar-refractivity contribution in [1.29, 1.82) is 0 Å². The van der Waals surface area contributed by atoms with E-state index in [-0.39, 0.29) is 6.42 Å². The number of alkyl halides is 7. The first-order chi connectivity index (χ1) is 7.73. The van der Waals surface area contributed by atoms with Crippen LogP contribution in [0.1, 0.15) is 13.3 Å². The fourth-order valence-corrected chi connectivity index (χ4v) is 3.38. The molecule has 0 aromatic rings. The second kappa shape index (κ2) is 8.73. The predicted octanol–water partition coefficient (Wildman–Crippen LogP) is 4.33. The Morgan fingerprint density at radius 1 is 0.824 bits per heavy atom. The molecule has 8 heteroatoms. The van der Waals surface area contributed by atoms with Gasteiger partial charge < -0.3 is 5.11 Å². The zero-order chi connectivity index (χ0) is 13.7. The topological polar surface area (TPSA) is 20.2 Å². The Morgan fingerprint density at radius 2 is 0.941 bits per heavy atom. The molecule has 1 nitrogen and oxygen atoms in total. The number of hydrogen-bond donors (Lipinski definition) is 1. The SMILES string of the molecule is CCC(O)F.Cl[C@H]1[C@H](Cl)[C@@H](Cl)[C@@H](Cl)[C@H](Cl)[C@H]1Cl. The lowest BCUT2D eigenvalue weighted by Crippen LogP contribution is -2.52. The molecular formula is C9H13Cl6FO. The molecule has 0 saturated heterocycles. The molecule has 1 aliphatic carbocycles. The highest BCUT2D eigenvalue weighted by Crippen LogP contribution is 2.39. The molecule has 0 spiro atoms. The van der Waals surface area contributed by atoms with Gasteiger partial charge in [0, 0.05) is 6.42 Å². The molecule has 1 rings (SSSR count). The van der Waals surface area contributed by atoms with Crippen molar-refractivity contribution in [2.24, 2.45) is 0 Å². The zero-order valence-corrected chi connectivity index (χ0v) is 13.4. The molecule has 0 radical (unpaired) electrons. The average molecular weight is 369 g/mol. The van der Waals surface area contributed by atoms with Crippen molar-refractivity contribution in [3.8, 4) is 0 Å². The van der Waals surface area contributed by atoms with E-state index in [9.17, 15) is 4.39 Å². The van der Waals surface area contributed by atoms with Gasteiger partial charge in [0.15, 0.2) is 6.36 Å². The van der Waals surface area contributed by atoms with Crippen LogP contribution in [0.5, 0.6) is 0 Å². The van der Waals surface area contributed by atoms with Gasteiger partial charge in [-0.2, -0.15) is 0 Å². The minimum absolute atomic E-state index is 0.194. The van der Waals surface area contributed by atoms with Crippen LogP contribution in [0.3, 0.4) is 0 Å². The van der Waals surface area contributed by atoms with Gasteiger partial charge in [-0.15, -0.1) is 69.6 Å². The zero-order valence-electron chi connectivity index (χ0n) is 8.84. The van der Waals surface area contributed by atoms with Crippen LogP contribution in [0.25, 0.3) is 0 Å². The first kappa shape index (κ1) is 18.6. The smallest absolute Gasteiger partial charge is 0.196 e. The number of aliphatic hydroxyl groups excluding tert-OH is 1. The molecule has 1 fully saturated rings. The maximum absolute atomic E-state index is 11.0. The van der Waals surface area contributed by atoms with Crippen molar-refractivity contribution in [1.82, 2.24) is 0 Å². The van der Waals surface area contributed by atoms with Crippen LogP contribution in [0.2, 0.25) is 0 Å². The summed E-state index contributed by atoms with van der Waals surface area (Å²) < 4.78 is 11.0. The first-order valence-corrected chi connectivity index (χ1v) is 7.52. The molecule has 0 bridgehead atoms. The molecule has 0 amide bonds. The van der Waals surface area contributed by atoms with E-state index in [1.807, 2.05) is 0 Å². The van der Waals surface area contributed by atoms with E-state index in [1.165, 1.54) is 0 Å². The van der Waals surface area contributed by atoms with E-state index in [4.69, 9.17) is 74.7 Å². The van der Waals surface area contributed by atoms with Gasteiger partial charge >= 0.3 is 0 Å². The third kappa shape index (κ3) is 5.64. The molecule has 1 atom stereocenters. The number of halogens is 7. The van der Waals surface area contributed by atoms with Gasteiger partial charge in [-0.25, -0.2) is 4.39 Å². The van der Waals surface area contributed by atoms with Gasteiger partial charge in [0.25, 0.3) is 0 Å². The van der Waals surface area contributed by atoms with Crippen LogP contribution >= 0.6 is 69.6 Å². The van der Waals surface area contributed by atoms with Crippen molar-refractivity contribution in [3.63, 3.8) is 0 Å². The summed E-state index contributed by atoms with van der Waals surface area (Å²) in [5, 5.41) is 5.07. The lowest BCUT2D eigenvalue weighted by Gasteiger charge is -2.37. The van der Waals surface area contributed by atoms with Crippen molar-refractivity contribution >= 4 is 69.6 Å². The molecule has 104 valence electrons. The molecule has 17 heavy (non-hydrogen) atoms. The Balaban J connectivity index is 0.000000437. The maximum Gasteiger partial charge on any atom is 0.196 e. The Morgan fingerprint density at radius 3 is 1.00 bits per heavy atom. The largest absolute Gasteiger partial charge is 0.364 e. The third-order valence-electron chi connectivity index (χ3n) is 2.16. The Labute approximate surface area is 130 Å². The van der Waals surface area contributed by atoms with Crippen LogP contribution in [0, 0.1) is 0 Å². The van der Waals surface area contributed by atoms with Gasteiger partial charge in [-0.3, -0.25) is 0 Å². The highest BCUT2D eigenvalue weighted by atomic mass is 35.5. The lowest BCUT2D eigenvalue weighted by molar-refractivity contribution is 0.0391. The lowest BCUT2D eigenvalue weighted by atomic mass is 9.97. The average Bonchev–Trinajstić information content (AvgIpc) is 2.32. The quantitative estimate of drug-likeness (QED) is 0.683. The van der Waals surface area contributed by atoms with Crippen LogP contribution < -0.4 is 0 Å². The van der Waals surface area contributed by atoms with Gasteiger partial charge in [-0.1, -0.05) is 6.92 Å². The third-order valence-corrected chi connectivity index (χ3v) is 6.19. The molecule has 0 aromatic heterocycles. The van der Waals surface area contributed by atoms with Gasteiger partial charge in [-0.05, 0) is 0 Å². The van der Waals surface area contributed by atoms with E-state index >= 15 is 0 Å². The van der Waals surface area contributed by atoms with E-state index in [0.29, 0.717) is 0 Å². The Hall–Kier alpha value is 1.63. The van der Waals surface area contributed by atoms with Gasteiger partial charge in [0.1, 0.15) is 0 Å². The van der Waals surface area contributed by atoms with Gasteiger partial charge in [0.2, 0.25) is 0 Å². The van der Waals surface area contributed by atoms with Crippen LogP contribution in [-0.4, -0.2) is 43.7 Å². The molecule has 0 heterocycles. The van der Waals surface area contributed by atoms with E-state index in [1.54, 1.807) is 6.92 Å². The predicted molar refractivity (Wildman–Crippen MR) is 75.3 cm³/mol. The highest BCUT2D eigenvalue weighted by molar-refractivity contribution is 6.45. The van der Waals surface area contributed by atoms with Crippen molar-refractivity contribution in [2.75, 3.05) is 0 Å². The number of hydrogen-bond acceptors (Lipinski definition) is 1. The van der Waals surface area contributed by atoms with Crippen molar-refractivity contribution in [2.45, 2.75) is 52.0 Å². The monoisotopic (exact) mass is 366 g/mol. The molecule has 0 aromatic carbocycles. The Bertz CT molecular complexity index is 161. The van der Waals surface area contributed by atoms with E-state index in [0.717, 1.165) is 0 Å². The summed E-state index contributed by atoms with van der Waals surface area (Å²) in [5.41, 5.74) is 0. The fraction of sp³-hybridized carbons (Fsp3) is 1.00. The summed E-state index contributed by atoms with van der Waals surface area (Å²) in [6.45, 7) is 1.57. The molecule has 1 aliphatic rings. The van der Waals surface area contributed by atoms with Crippen LogP contribution in [0.4, 0.5) is 4.39 Å². The summed E-state index contributed by atoms with van der Waals surface area (Å²) in [7, 11) is 0. The minimum atomic E-state index is -1.62. The Kier molecular flexibility index (Phi) is 9.57. The summed E-state index contributed by atoms with van der Waals surface area (Å²) in [4.78, 5) is 0. The molecule has 1 N–H and O–H groups in total. The second-order valence-corrected chi connectivity index (χ2v) is 6.53. The minimum Gasteiger partial charge on any atom is -0.364 e. The summed E-state index contributed by atoms with van der Waals surface area (Å²) >= 11 is 35.3. The normalized spacial score (nSPS) is 43.6. The fourth-order valence-electron chi connectivity index (χ4n) is 1.05. The highest BCUT2D eigenvalue weighted by Gasteiger charge is 2.46. The van der Waals surface area contributed by atoms with Crippen LogP contribution in [-0.2, 0) is 0 Å². The van der Waals surface area contributed by atoms with E-state index in [2.05, 4.69) is 0 Å². The molecule has 0 aliphatic heterocycles. The first-order valence-electron chi connectivity index (χ1n) is 4.90. The molecule has 1 saturated carbocycles. The standard InChI is InChI=1S/C6H6Cl6.C3H7FO/c7-1-2(8)4(10)6(12)5(11)3(1)9;1-2-3(4)5/h1-6H;3,5H,2H2,1H3/t1-,2-,3-,4+,5+,6+;. The summed E-state index contributed by atoms with van der Waals surface area (Å²) in [6.07, 6.45) is -1.42.